The van der Waals surface area contributed by atoms with Crippen LogP contribution in [0.4, 0.5) is 20.6 Å². The molecular weight excluding hydrogens is 523 g/mol. The van der Waals surface area contributed by atoms with Gasteiger partial charge in [0.1, 0.15) is 11.6 Å². The molecule has 0 saturated carbocycles. The monoisotopic (exact) mass is 552 g/mol. The molecule has 0 radical (unpaired) electrons. The molecule has 3 amide bonds. The first-order chi connectivity index (χ1) is 18.7. The second-order valence-corrected chi connectivity index (χ2v) is 10.1. The van der Waals surface area contributed by atoms with Gasteiger partial charge in [0.25, 0.3) is 0 Å². The van der Waals surface area contributed by atoms with E-state index in [4.69, 9.17) is 11.6 Å². The Morgan fingerprint density at radius 3 is 2.44 bits per heavy atom. The number of rotatable bonds is 6. The summed E-state index contributed by atoms with van der Waals surface area (Å²) >= 11 is 6.56. The van der Waals surface area contributed by atoms with E-state index in [2.05, 4.69) is 20.5 Å². The molecule has 0 aliphatic carbocycles. The Balaban J connectivity index is 1.53. The fourth-order valence-electron chi connectivity index (χ4n) is 4.96. The van der Waals surface area contributed by atoms with E-state index in [0.29, 0.717) is 40.6 Å². The van der Waals surface area contributed by atoms with Crippen molar-refractivity contribution < 1.29 is 19.1 Å². The third kappa shape index (κ3) is 5.48. The molecule has 2 saturated heterocycles. The molecule has 2 aliphatic rings. The standard InChI is InChI=1S/C28H30ClFN6O3/c1-17(37)32-16-24-26(35-7-5-31-6-8-35)12-19(15-33-24)22-14-20(30)13-21(27(22)38)18-3-4-25(23(29)11-18)36-10-9-34(2)28(36)39/h3-4,11-15,31,38H,5-10,16H2,1-2H3,(H,32,37). The Kier molecular flexibility index (Phi) is 7.58. The number of aromatic nitrogens is 1. The minimum Gasteiger partial charge on any atom is -0.507 e. The van der Waals surface area contributed by atoms with Crippen LogP contribution in [0, 0.1) is 5.82 Å². The summed E-state index contributed by atoms with van der Waals surface area (Å²) in [6.07, 6.45) is 1.58. The van der Waals surface area contributed by atoms with Gasteiger partial charge in [0.15, 0.2) is 0 Å². The lowest BCUT2D eigenvalue weighted by atomic mass is 9.97. The molecule has 3 aromatic rings. The molecule has 0 unspecified atom stereocenters. The van der Waals surface area contributed by atoms with Gasteiger partial charge in [0.05, 0.1) is 28.6 Å². The van der Waals surface area contributed by atoms with E-state index in [-0.39, 0.29) is 35.4 Å². The third-order valence-electron chi connectivity index (χ3n) is 7.06. The molecule has 9 nitrogen and oxygen atoms in total. The molecule has 3 N–H and O–H groups in total. The van der Waals surface area contributed by atoms with Gasteiger partial charge >= 0.3 is 6.03 Å². The number of phenolic OH excluding ortho intramolecular Hbond substituents is 1. The van der Waals surface area contributed by atoms with Gasteiger partial charge in [-0.3, -0.25) is 14.7 Å². The van der Waals surface area contributed by atoms with Gasteiger partial charge in [-0.05, 0) is 35.9 Å². The molecule has 0 bridgehead atoms. The van der Waals surface area contributed by atoms with E-state index < -0.39 is 5.82 Å². The second-order valence-electron chi connectivity index (χ2n) is 9.71. The van der Waals surface area contributed by atoms with Gasteiger partial charge in [0.2, 0.25) is 5.91 Å². The number of hydrogen-bond donors (Lipinski definition) is 3. The van der Waals surface area contributed by atoms with Crippen LogP contribution in [0.3, 0.4) is 0 Å². The number of halogens is 2. The number of piperazine rings is 1. The SMILES string of the molecule is CC(=O)NCc1ncc(-c2cc(F)cc(-c3ccc(N4CCN(C)C4=O)c(Cl)c3)c2O)cc1N1CCNCC1. The van der Waals surface area contributed by atoms with Crippen molar-refractivity contribution in [3.63, 3.8) is 0 Å². The molecule has 2 fully saturated rings. The van der Waals surface area contributed by atoms with Gasteiger partial charge in [-0.1, -0.05) is 17.7 Å². The Morgan fingerprint density at radius 1 is 1.08 bits per heavy atom. The van der Waals surface area contributed by atoms with Crippen LogP contribution < -0.4 is 20.4 Å². The van der Waals surface area contributed by atoms with Gasteiger partial charge in [-0.2, -0.15) is 0 Å². The molecule has 204 valence electrons. The Labute approximate surface area is 231 Å². The van der Waals surface area contributed by atoms with Crippen molar-refractivity contribution in [1.29, 1.82) is 0 Å². The number of nitrogens with one attached hydrogen (secondary N) is 2. The molecule has 0 spiro atoms. The van der Waals surface area contributed by atoms with E-state index >= 15 is 0 Å². The smallest absolute Gasteiger partial charge is 0.324 e. The van der Waals surface area contributed by atoms with Gasteiger partial charge in [-0.25, -0.2) is 9.18 Å². The van der Waals surface area contributed by atoms with Crippen molar-refractivity contribution in [3.05, 3.63) is 59.1 Å². The van der Waals surface area contributed by atoms with Crippen molar-refractivity contribution in [1.82, 2.24) is 20.5 Å². The van der Waals surface area contributed by atoms with Crippen LogP contribution in [-0.4, -0.2) is 73.2 Å². The highest BCUT2D eigenvalue weighted by Crippen LogP contribution is 2.42. The summed E-state index contributed by atoms with van der Waals surface area (Å²) in [5.41, 5.74) is 3.69. The first-order valence-electron chi connectivity index (χ1n) is 12.8. The summed E-state index contributed by atoms with van der Waals surface area (Å²) in [4.78, 5) is 33.9. The highest BCUT2D eigenvalue weighted by Gasteiger charge is 2.28. The van der Waals surface area contributed by atoms with Crippen LogP contribution in [0.2, 0.25) is 5.02 Å². The zero-order valence-corrected chi connectivity index (χ0v) is 22.6. The average Bonchev–Trinajstić information content (AvgIpc) is 3.26. The molecule has 3 heterocycles. The first-order valence-corrected chi connectivity index (χ1v) is 13.1. The number of likely N-dealkylation sites (N-methyl/N-ethyl adjacent to an activating group) is 1. The highest BCUT2D eigenvalue weighted by molar-refractivity contribution is 6.34. The maximum Gasteiger partial charge on any atom is 0.324 e. The zero-order chi connectivity index (χ0) is 27.7. The third-order valence-corrected chi connectivity index (χ3v) is 7.36. The van der Waals surface area contributed by atoms with Gasteiger partial charge in [-0.15, -0.1) is 0 Å². The van der Waals surface area contributed by atoms with E-state index in [1.807, 2.05) is 6.07 Å². The van der Waals surface area contributed by atoms with Crippen LogP contribution in [0.15, 0.2) is 42.6 Å². The summed E-state index contributed by atoms with van der Waals surface area (Å²) < 4.78 is 15.0. The first kappa shape index (κ1) is 26.7. The molecule has 39 heavy (non-hydrogen) atoms. The number of urea groups is 1. The number of nitrogens with zero attached hydrogens (tertiary/aromatic N) is 4. The Bertz CT molecular complexity index is 1430. The van der Waals surface area contributed by atoms with E-state index in [9.17, 15) is 19.1 Å². The second kappa shape index (κ2) is 11.1. The number of amides is 3. The van der Waals surface area contributed by atoms with Gasteiger partial charge in [0, 0.05) is 76.1 Å². The van der Waals surface area contributed by atoms with Crippen molar-refractivity contribution in [2.24, 2.45) is 0 Å². The zero-order valence-electron chi connectivity index (χ0n) is 21.8. The van der Waals surface area contributed by atoms with Crippen molar-refractivity contribution >= 4 is 34.9 Å². The lowest BCUT2D eigenvalue weighted by molar-refractivity contribution is -0.119. The topological polar surface area (TPSA) is 101 Å². The fraction of sp³-hybridized carbons (Fsp3) is 0.321. The number of aromatic hydroxyl groups is 1. The van der Waals surface area contributed by atoms with E-state index in [1.165, 1.54) is 19.1 Å². The maximum absolute atomic E-state index is 15.0. The van der Waals surface area contributed by atoms with Crippen LogP contribution in [0.1, 0.15) is 12.6 Å². The normalized spacial score (nSPS) is 15.7. The van der Waals surface area contributed by atoms with Crippen molar-refractivity contribution in [2.45, 2.75) is 13.5 Å². The Morgan fingerprint density at radius 2 is 1.79 bits per heavy atom. The van der Waals surface area contributed by atoms with E-state index in [1.54, 1.807) is 41.2 Å². The number of phenols is 1. The van der Waals surface area contributed by atoms with Gasteiger partial charge < -0.3 is 25.5 Å². The molecule has 0 atom stereocenters. The van der Waals surface area contributed by atoms with E-state index in [0.717, 1.165) is 31.9 Å². The number of carbonyl (C=O) groups excluding carboxylic acids is 2. The molecule has 2 aromatic carbocycles. The predicted molar refractivity (Wildman–Crippen MR) is 150 cm³/mol. The minimum absolute atomic E-state index is 0.111. The largest absolute Gasteiger partial charge is 0.507 e. The number of anilines is 2. The molecule has 2 aliphatic heterocycles. The summed E-state index contributed by atoms with van der Waals surface area (Å²) in [6, 6.07) is 9.32. The lowest BCUT2D eigenvalue weighted by Gasteiger charge is -2.31. The molecular formula is C28H30ClFN6O3. The number of carbonyl (C=O) groups is 2. The van der Waals surface area contributed by atoms with Crippen LogP contribution >= 0.6 is 11.6 Å². The van der Waals surface area contributed by atoms with Crippen LogP contribution in [0.5, 0.6) is 5.75 Å². The summed E-state index contributed by atoms with van der Waals surface area (Å²) in [5.74, 6) is -0.800. The summed E-state index contributed by atoms with van der Waals surface area (Å²) in [7, 11) is 1.73. The quantitative estimate of drug-likeness (QED) is 0.430. The van der Waals surface area contributed by atoms with Crippen molar-refractivity contribution in [3.8, 4) is 28.0 Å². The molecule has 1 aromatic heterocycles. The molecule has 5 rings (SSSR count). The fourth-order valence-corrected chi connectivity index (χ4v) is 5.24. The predicted octanol–water partition coefficient (Wildman–Crippen LogP) is 3.83. The summed E-state index contributed by atoms with van der Waals surface area (Å²) in [5, 5.41) is 17.8. The number of hydrogen-bond acceptors (Lipinski definition) is 6. The maximum atomic E-state index is 15.0. The van der Waals surface area contributed by atoms with Crippen molar-refractivity contribution in [2.75, 3.05) is 56.1 Å². The van der Waals surface area contributed by atoms with Crippen LogP contribution in [0.25, 0.3) is 22.3 Å². The Hall–Kier alpha value is -3.89. The number of benzene rings is 2. The lowest BCUT2D eigenvalue weighted by Crippen LogP contribution is -2.44. The van der Waals surface area contributed by atoms with Crippen LogP contribution in [-0.2, 0) is 11.3 Å². The highest BCUT2D eigenvalue weighted by atomic mass is 35.5. The minimum atomic E-state index is -0.527. The summed E-state index contributed by atoms with van der Waals surface area (Å²) in [6.45, 7) is 5.92. The average molecular weight is 553 g/mol. The number of pyridine rings is 1. The molecule has 11 heteroatoms.